The molecule has 0 amide bonds. The summed E-state index contributed by atoms with van der Waals surface area (Å²) in [5, 5.41) is 4.36. The van der Waals surface area contributed by atoms with E-state index in [1.807, 2.05) is 0 Å². The van der Waals surface area contributed by atoms with E-state index in [1.165, 1.54) is 88.0 Å². The Morgan fingerprint density at radius 1 is 0.431 bits per heavy atom. The number of nitrogens with zero attached hydrogens (tertiary/aromatic N) is 2. The molecule has 3 heteroatoms. The predicted molar refractivity (Wildman–Crippen MR) is 214 cm³/mol. The molecule has 51 heavy (non-hydrogen) atoms. The third-order valence-electron chi connectivity index (χ3n) is 11.7. The van der Waals surface area contributed by atoms with Crippen molar-refractivity contribution in [2.24, 2.45) is 9.98 Å². The molecule has 2 aliphatic heterocycles. The van der Waals surface area contributed by atoms with Crippen molar-refractivity contribution in [3.8, 4) is 33.4 Å². The van der Waals surface area contributed by atoms with Gasteiger partial charge in [0.15, 0.2) is 0 Å². The lowest BCUT2D eigenvalue weighted by atomic mass is 9.33. The van der Waals surface area contributed by atoms with E-state index >= 15 is 0 Å². The Kier molecular flexibility index (Phi) is 7.29. The second-order valence-electron chi connectivity index (χ2n) is 14.3. The molecule has 0 saturated heterocycles. The monoisotopic (exact) mass is 654 g/mol. The quantitative estimate of drug-likeness (QED) is 0.166. The molecule has 2 aliphatic rings. The zero-order valence-corrected chi connectivity index (χ0v) is 30.1. The first-order valence-corrected chi connectivity index (χ1v) is 18.0. The Labute approximate surface area is 300 Å². The molecule has 0 radical (unpaired) electrons. The summed E-state index contributed by atoms with van der Waals surface area (Å²) < 4.78 is 0. The van der Waals surface area contributed by atoms with Crippen molar-refractivity contribution >= 4 is 34.5 Å². The summed E-state index contributed by atoms with van der Waals surface area (Å²) in [6.45, 7) is 13.5. The van der Waals surface area contributed by atoms with E-state index in [9.17, 15) is 0 Å². The van der Waals surface area contributed by atoms with Crippen LogP contribution >= 0.6 is 0 Å². The van der Waals surface area contributed by atoms with Crippen LogP contribution in [0.4, 0.5) is 11.4 Å². The number of fused-ring (bicyclic) bond motifs is 6. The van der Waals surface area contributed by atoms with Crippen molar-refractivity contribution in [3.63, 3.8) is 0 Å². The van der Waals surface area contributed by atoms with Gasteiger partial charge in [0.1, 0.15) is 0 Å². The minimum absolute atomic E-state index is 0.0722. The number of hydrogen-bond donors (Lipinski definition) is 0. The van der Waals surface area contributed by atoms with E-state index in [4.69, 9.17) is 9.98 Å². The highest BCUT2D eigenvalue weighted by Crippen LogP contribution is 2.45. The molecule has 0 N–H and O–H groups in total. The average molecular weight is 655 g/mol. The summed E-state index contributed by atoms with van der Waals surface area (Å²) in [4.78, 5) is 10.8. The van der Waals surface area contributed by atoms with E-state index < -0.39 is 0 Å². The van der Waals surface area contributed by atoms with Gasteiger partial charge >= 0.3 is 0 Å². The SMILES string of the molecule is Cc1ccc(B(c2ccc(C)c(C)c2C)c2c3c(cc(-c4ccccc4)c2-c2ccccc2)N=c2ccc4c(c2-3)N=c2ccccc2=4)c(C)c1C. The normalized spacial score (nSPS) is 12.0. The van der Waals surface area contributed by atoms with Gasteiger partial charge in [-0.15, -0.1) is 0 Å². The molecule has 0 saturated carbocycles. The van der Waals surface area contributed by atoms with Crippen LogP contribution in [0.25, 0.3) is 33.4 Å². The fourth-order valence-corrected chi connectivity index (χ4v) is 8.45. The highest BCUT2D eigenvalue weighted by atomic mass is 14.8. The van der Waals surface area contributed by atoms with Crippen molar-refractivity contribution in [1.82, 2.24) is 0 Å². The predicted octanol–water partition coefficient (Wildman–Crippen LogP) is 8.87. The molecule has 7 aromatic rings. The fourth-order valence-electron chi connectivity index (χ4n) is 8.45. The van der Waals surface area contributed by atoms with Crippen molar-refractivity contribution in [2.75, 3.05) is 0 Å². The van der Waals surface area contributed by atoms with E-state index in [0.717, 1.165) is 27.7 Å². The molecule has 2 nitrogen and oxygen atoms in total. The zero-order chi connectivity index (χ0) is 35.0. The first-order chi connectivity index (χ1) is 24.8. The number of benzene rings is 7. The van der Waals surface area contributed by atoms with Crippen LogP contribution in [-0.2, 0) is 0 Å². The molecule has 0 fully saturated rings. The molecule has 2 heterocycles. The van der Waals surface area contributed by atoms with Gasteiger partial charge in [-0.3, -0.25) is 0 Å². The van der Waals surface area contributed by atoms with Crippen LogP contribution in [0.1, 0.15) is 33.4 Å². The summed E-state index contributed by atoms with van der Waals surface area (Å²) in [7, 11) is 0. The highest BCUT2D eigenvalue weighted by molar-refractivity contribution is 6.98. The second kappa shape index (κ2) is 11.9. The van der Waals surface area contributed by atoms with Gasteiger partial charge in [0.2, 0.25) is 6.71 Å². The fraction of sp³-hybridized carbons (Fsp3) is 0.125. The molecule has 0 unspecified atom stereocenters. The number of aryl methyl sites for hydroxylation is 2. The molecule has 7 aromatic carbocycles. The molecule has 0 spiro atoms. The van der Waals surface area contributed by atoms with Crippen molar-refractivity contribution in [1.29, 1.82) is 0 Å². The standard InChI is InChI=1S/C48H39BN2/c1-28-21-24-39(32(5)30(28)3)49(40-25-22-29(2)31(4)33(40)6)47-44(35-17-11-8-12-18-35)38(34-15-9-7-10-16-34)27-43-45(47)46-42(50-43)26-23-37-36-19-13-14-20-41(36)51-48(37)46/h7-27H,1-6H3. The molecule has 244 valence electrons. The third kappa shape index (κ3) is 4.79. The van der Waals surface area contributed by atoms with Crippen LogP contribution in [0.3, 0.4) is 0 Å². The van der Waals surface area contributed by atoms with Crippen molar-refractivity contribution in [3.05, 3.63) is 182 Å². The second-order valence-corrected chi connectivity index (χ2v) is 14.3. The van der Waals surface area contributed by atoms with Gasteiger partial charge in [-0.1, -0.05) is 131 Å². The topological polar surface area (TPSA) is 24.7 Å². The molecular formula is C48H39BN2. The summed E-state index contributed by atoms with van der Waals surface area (Å²) in [5.74, 6) is 0. The van der Waals surface area contributed by atoms with Crippen LogP contribution in [0.15, 0.2) is 137 Å². The van der Waals surface area contributed by atoms with Crippen LogP contribution in [0.5, 0.6) is 0 Å². The number of hydrogen-bond acceptors (Lipinski definition) is 2. The van der Waals surface area contributed by atoms with E-state index in [2.05, 4.69) is 169 Å². The highest BCUT2D eigenvalue weighted by Gasteiger charge is 2.37. The Morgan fingerprint density at radius 2 is 1.02 bits per heavy atom. The van der Waals surface area contributed by atoms with Gasteiger partial charge in [-0.25, -0.2) is 9.98 Å². The summed E-state index contributed by atoms with van der Waals surface area (Å²) in [6.07, 6.45) is 0. The summed E-state index contributed by atoms with van der Waals surface area (Å²) in [5.41, 5.74) is 21.1. The average Bonchev–Trinajstić information content (AvgIpc) is 3.73. The largest absolute Gasteiger partial charge is 0.248 e. The Morgan fingerprint density at radius 3 is 1.67 bits per heavy atom. The first kappa shape index (κ1) is 31.2. The number of para-hydroxylation sites is 1. The maximum atomic E-state index is 5.46. The molecular weight excluding hydrogens is 615 g/mol. The Hall–Kier alpha value is -5.80. The lowest BCUT2D eigenvalue weighted by molar-refractivity contribution is 1.28. The van der Waals surface area contributed by atoms with Crippen LogP contribution in [0.2, 0.25) is 0 Å². The molecule has 0 bridgehead atoms. The zero-order valence-electron chi connectivity index (χ0n) is 30.1. The lowest BCUT2D eigenvalue weighted by Crippen LogP contribution is -2.55. The Bertz CT molecular complexity index is 2740. The minimum Gasteiger partial charge on any atom is -0.248 e. The van der Waals surface area contributed by atoms with E-state index in [1.54, 1.807) is 0 Å². The molecule has 9 rings (SSSR count). The summed E-state index contributed by atoms with van der Waals surface area (Å²) >= 11 is 0. The van der Waals surface area contributed by atoms with Gasteiger partial charge in [-0.05, 0) is 110 Å². The molecule has 0 aromatic heterocycles. The Balaban J connectivity index is 1.52. The van der Waals surface area contributed by atoms with Crippen molar-refractivity contribution < 1.29 is 0 Å². The van der Waals surface area contributed by atoms with Gasteiger partial charge in [0, 0.05) is 21.6 Å². The first-order valence-electron chi connectivity index (χ1n) is 18.0. The lowest BCUT2D eigenvalue weighted by Gasteiger charge is -2.29. The van der Waals surface area contributed by atoms with Gasteiger partial charge in [-0.2, -0.15) is 0 Å². The molecule has 0 aliphatic carbocycles. The van der Waals surface area contributed by atoms with Crippen molar-refractivity contribution in [2.45, 2.75) is 41.5 Å². The third-order valence-corrected chi connectivity index (χ3v) is 11.7. The van der Waals surface area contributed by atoms with Gasteiger partial charge in [0.25, 0.3) is 0 Å². The van der Waals surface area contributed by atoms with E-state index in [-0.39, 0.29) is 6.71 Å². The van der Waals surface area contributed by atoms with Crippen LogP contribution < -0.4 is 27.1 Å². The van der Waals surface area contributed by atoms with Gasteiger partial charge in [0.05, 0.1) is 22.1 Å². The van der Waals surface area contributed by atoms with Crippen LogP contribution in [0, 0.1) is 52.0 Å². The minimum atomic E-state index is -0.0722. The molecule has 0 atom stereocenters. The summed E-state index contributed by atoms with van der Waals surface area (Å²) in [6, 6.07) is 46.5. The maximum absolute atomic E-state index is 5.46. The van der Waals surface area contributed by atoms with E-state index in [0.29, 0.717) is 0 Å². The maximum Gasteiger partial charge on any atom is 0.243 e. The van der Waals surface area contributed by atoms with Crippen LogP contribution in [-0.4, -0.2) is 6.71 Å². The number of rotatable bonds is 5. The van der Waals surface area contributed by atoms with Gasteiger partial charge < -0.3 is 0 Å². The smallest absolute Gasteiger partial charge is 0.243 e.